The number of carbonyl (C=O) groups is 2. The summed E-state index contributed by atoms with van der Waals surface area (Å²) in [7, 11) is 0. The number of halogens is 3. The Morgan fingerprint density at radius 2 is 1.24 bits per heavy atom. The van der Waals surface area contributed by atoms with Crippen molar-refractivity contribution in [3.8, 4) is 0 Å². The van der Waals surface area contributed by atoms with Crippen LogP contribution in [0.3, 0.4) is 0 Å². The van der Waals surface area contributed by atoms with E-state index in [0.717, 1.165) is 11.1 Å². The zero-order valence-electron chi connectivity index (χ0n) is 28.7. The van der Waals surface area contributed by atoms with Crippen molar-refractivity contribution in [1.29, 1.82) is 0 Å². The topological polar surface area (TPSA) is 145 Å². The molecule has 0 radical (unpaired) electrons. The summed E-state index contributed by atoms with van der Waals surface area (Å²) < 4.78 is 14.9. The summed E-state index contributed by atoms with van der Waals surface area (Å²) in [6.07, 6.45) is 8.91. The Morgan fingerprint density at radius 1 is 0.725 bits per heavy atom. The van der Waals surface area contributed by atoms with Gasteiger partial charge < -0.3 is 9.47 Å². The molecule has 2 amide bonds. The number of nitrogens with zero attached hydrogens (tertiary/aromatic N) is 10. The Morgan fingerprint density at radius 3 is 1.73 bits per heavy atom. The van der Waals surface area contributed by atoms with Gasteiger partial charge >= 0.3 is 12.2 Å². The first kappa shape index (κ1) is 37.4. The van der Waals surface area contributed by atoms with Gasteiger partial charge in [0.25, 0.3) is 0 Å². The molecule has 0 aliphatic carbocycles. The molecule has 17 heteroatoms. The predicted molar refractivity (Wildman–Crippen MR) is 197 cm³/mol. The summed E-state index contributed by atoms with van der Waals surface area (Å²) in [4.78, 5) is 45.3. The number of aromatic nitrogens is 8. The maximum atomic E-state index is 12.9. The maximum Gasteiger partial charge on any atom is 0.416 e. The van der Waals surface area contributed by atoms with Gasteiger partial charge in [-0.2, -0.15) is 19.2 Å². The first-order valence-corrected chi connectivity index (χ1v) is 17.1. The minimum Gasteiger partial charge on any atom is -0.443 e. The van der Waals surface area contributed by atoms with Crippen molar-refractivity contribution < 1.29 is 19.1 Å². The molecule has 6 aromatic rings. The molecular formula is C34H35BrCl2N10O4. The Labute approximate surface area is 312 Å². The lowest BCUT2D eigenvalue weighted by Crippen LogP contribution is -2.37. The normalized spacial score (nSPS) is 11.5. The molecule has 0 aromatic carbocycles. The molecule has 0 saturated carbocycles. The van der Waals surface area contributed by atoms with E-state index >= 15 is 0 Å². The molecule has 6 heterocycles. The Hall–Kier alpha value is -4.86. The number of hydrogen-bond acceptors (Lipinski definition) is 10. The smallest absolute Gasteiger partial charge is 0.416 e. The molecule has 0 bridgehead atoms. The van der Waals surface area contributed by atoms with Crippen LogP contribution < -0.4 is 9.80 Å². The molecule has 6 aromatic heterocycles. The number of hydrogen-bond donors (Lipinski definition) is 0. The molecule has 6 rings (SSSR count). The third-order valence-corrected chi connectivity index (χ3v) is 7.54. The van der Waals surface area contributed by atoms with Gasteiger partial charge in [-0.05, 0) is 80.7 Å². The van der Waals surface area contributed by atoms with Crippen LogP contribution in [0.25, 0.3) is 11.3 Å². The average molecular weight is 799 g/mol. The SMILES string of the molecule is CC(C)(C)OC(=O)N(Cc1cccnc1)c1cc(Cl)nc2c(Br)cnn12.CC(C)(C)OC(=O)N(Cc1cccnc1)c1cc(Cl)nc2ccnn12. The van der Waals surface area contributed by atoms with Crippen LogP contribution in [0.1, 0.15) is 52.7 Å². The lowest BCUT2D eigenvalue weighted by atomic mass is 10.2. The van der Waals surface area contributed by atoms with E-state index in [1.54, 1.807) is 59.9 Å². The van der Waals surface area contributed by atoms with Gasteiger partial charge in [-0.3, -0.25) is 19.8 Å². The second kappa shape index (κ2) is 15.6. The number of rotatable bonds is 6. The third-order valence-electron chi connectivity index (χ3n) is 6.60. The van der Waals surface area contributed by atoms with Gasteiger partial charge in [-0.1, -0.05) is 35.3 Å². The van der Waals surface area contributed by atoms with Crippen LogP contribution in [0, 0.1) is 0 Å². The van der Waals surface area contributed by atoms with E-state index in [4.69, 9.17) is 32.7 Å². The summed E-state index contributed by atoms with van der Waals surface area (Å²) in [5.74, 6) is 0.918. The van der Waals surface area contributed by atoms with E-state index in [2.05, 4.69) is 46.1 Å². The molecule has 0 atom stereocenters. The molecule has 51 heavy (non-hydrogen) atoms. The first-order valence-electron chi connectivity index (χ1n) is 15.6. The standard InChI is InChI=1S/C17H17BrClN5O2.C17H18ClN5O2/c1-17(2,3)26-16(25)23(10-11-5-4-6-20-8-11)14-7-13(19)22-15-12(18)9-21-24(14)15;1-17(2,3)25-16(24)22(11-12-5-4-7-19-10-12)15-9-13(18)21-14-6-8-20-23(14)15/h4-9H,10H2,1-3H3;4-10H,11H2,1-3H3. The van der Waals surface area contributed by atoms with E-state index in [1.807, 2.05) is 65.8 Å². The first-order chi connectivity index (χ1) is 24.1. The van der Waals surface area contributed by atoms with Gasteiger partial charge in [0.1, 0.15) is 33.1 Å². The fourth-order valence-electron chi connectivity index (χ4n) is 4.60. The Kier molecular flexibility index (Phi) is 11.4. The summed E-state index contributed by atoms with van der Waals surface area (Å²) in [5.41, 5.74) is 1.46. The van der Waals surface area contributed by atoms with E-state index in [9.17, 15) is 9.59 Å². The number of carbonyl (C=O) groups excluding carboxylic acids is 2. The zero-order chi connectivity index (χ0) is 36.9. The summed E-state index contributed by atoms with van der Waals surface area (Å²) in [6.45, 7) is 11.4. The van der Waals surface area contributed by atoms with Gasteiger partial charge in [-0.25, -0.2) is 19.6 Å². The summed E-state index contributed by atoms with van der Waals surface area (Å²) in [5, 5.41) is 9.03. The van der Waals surface area contributed by atoms with Crippen LogP contribution in [0.15, 0.2) is 84.1 Å². The number of ether oxygens (including phenoxy) is 2. The summed E-state index contributed by atoms with van der Waals surface area (Å²) >= 11 is 15.7. The highest BCUT2D eigenvalue weighted by Gasteiger charge is 2.28. The van der Waals surface area contributed by atoms with Crippen LogP contribution in [-0.4, -0.2) is 62.6 Å². The molecule has 0 fully saturated rings. The van der Waals surface area contributed by atoms with Gasteiger partial charge in [0.15, 0.2) is 11.3 Å². The number of amides is 2. The molecule has 0 spiro atoms. The van der Waals surface area contributed by atoms with E-state index in [-0.39, 0.29) is 23.4 Å². The largest absolute Gasteiger partial charge is 0.443 e. The molecule has 0 N–H and O–H groups in total. The second-order valence-corrected chi connectivity index (χ2v) is 14.7. The molecule has 0 aliphatic rings. The lowest BCUT2D eigenvalue weighted by Gasteiger charge is -2.27. The van der Waals surface area contributed by atoms with Crippen molar-refractivity contribution in [3.05, 3.63) is 106 Å². The maximum absolute atomic E-state index is 12.9. The highest BCUT2D eigenvalue weighted by Crippen LogP contribution is 2.28. The van der Waals surface area contributed by atoms with Crippen molar-refractivity contribution in [2.24, 2.45) is 0 Å². The molecule has 0 unspecified atom stereocenters. The van der Waals surface area contributed by atoms with E-state index in [1.165, 1.54) is 14.3 Å². The van der Waals surface area contributed by atoms with Crippen molar-refractivity contribution >= 4 is 74.2 Å². The molecule has 0 aliphatic heterocycles. The molecule has 266 valence electrons. The molecule has 14 nitrogen and oxygen atoms in total. The zero-order valence-corrected chi connectivity index (χ0v) is 31.8. The third kappa shape index (κ3) is 9.90. The van der Waals surface area contributed by atoms with Crippen molar-refractivity contribution in [3.63, 3.8) is 0 Å². The molecule has 0 saturated heterocycles. The van der Waals surface area contributed by atoms with Crippen molar-refractivity contribution in [2.45, 2.75) is 65.8 Å². The van der Waals surface area contributed by atoms with Crippen molar-refractivity contribution in [1.82, 2.24) is 39.2 Å². The Bertz CT molecular complexity index is 2130. The average Bonchev–Trinajstić information content (AvgIpc) is 3.68. The summed E-state index contributed by atoms with van der Waals surface area (Å²) in [6, 6.07) is 12.3. The van der Waals surface area contributed by atoms with Crippen LogP contribution >= 0.6 is 39.1 Å². The minimum atomic E-state index is -0.648. The van der Waals surface area contributed by atoms with Gasteiger partial charge in [-0.15, -0.1) is 0 Å². The van der Waals surface area contributed by atoms with Crippen LogP contribution in [0.4, 0.5) is 21.2 Å². The van der Waals surface area contributed by atoms with Gasteiger partial charge in [0.2, 0.25) is 0 Å². The predicted octanol–water partition coefficient (Wildman–Crippen LogP) is 8.20. The monoisotopic (exact) mass is 796 g/mol. The second-order valence-electron chi connectivity index (χ2n) is 13.1. The van der Waals surface area contributed by atoms with Gasteiger partial charge in [0.05, 0.1) is 30.0 Å². The number of anilines is 2. The minimum absolute atomic E-state index is 0.244. The quantitative estimate of drug-likeness (QED) is 0.151. The Balaban J connectivity index is 0.000000198. The highest BCUT2D eigenvalue weighted by atomic mass is 79.9. The van der Waals surface area contributed by atoms with E-state index < -0.39 is 23.4 Å². The van der Waals surface area contributed by atoms with Crippen molar-refractivity contribution in [2.75, 3.05) is 9.80 Å². The van der Waals surface area contributed by atoms with Gasteiger partial charge in [0, 0.05) is 43.0 Å². The fourth-order valence-corrected chi connectivity index (χ4v) is 5.31. The molecular weight excluding hydrogens is 763 g/mol. The van der Waals surface area contributed by atoms with Crippen LogP contribution in [0.2, 0.25) is 10.3 Å². The fraction of sp³-hybridized carbons (Fsp3) is 0.294. The highest BCUT2D eigenvalue weighted by molar-refractivity contribution is 9.10. The lowest BCUT2D eigenvalue weighted by molar-refractivity contribution is 0.0564. The van der Waals surface area contributed by atoms with E-state index in [0.29, 0.717) is 27.4 Å². The number of pyridine rings is 2. The van der Waals surface area contributed by atoms with Crippen LogP contribution in [0.5, 0.6) is 0 Å². The van der Waals surface area contributed by atoms with Crippen LogP contribution in [-0.2, 0) is 22.6 Å². The number of fused-ring (bicyclic) bond motifs is 2.